The molecule has 0 amide bonds. The molecule has 0 heterocycles. The van der Waals surface area contributed by atoms with Crippen molar-refractivity contribution in [2.75, 3.05) is 0 Å². The van der Waals surface area contributed by atoms with Crippen LogP contribution in [0.5, 0.6) is 0 Å². The van der Waals surface area contributed by atoms with Gasteiger partial charge < -0.3 is 0 Å². The van der Waals surface area contributed by atoms with E-state index in [1.54, 1.807) is 42.5 Å². The van der Waals surface area contributed by atoms with Crippen LogP contribution in [0.15, 0.2) is 89.8 Å². The third-order valence-corrected chi connectivity index (χ3v) is 5.23. The van der Waals surface area contributed by atoms with Gasteiger partial charge in [-0.05, 0) is 17.7 Å². The molecule has 0 aliphatic heterocycles. The third-order valence-electron chi connectivity index (χ3n) is 3.77. The lowest BCUT2D eigenvalue weighted by molar-refractivity contribution is 0.103. The van der Waals surface area contributed by atoms with Gasteiger partial charge in [-0.25, -0.2) is 13.1 Å². The largest absolute Gasteiger partial charge is 0.289 e. The van der Waals surface area contributed by atoms with Gasteiger partial charge in [-0.3, -0.25) is 4.79 Å². The molecule has 0 spiro atoms. The van der Waals surface area contributed by atoms with E-state index >= 15 is 0 Å². The van der Waals surface area contributed by atoms with E-state index in [9.17, 15) is 13.2 Å². The molecular weight excluding hydrogens is 334 g/mol. The normalized spacial score (nSPS) is 11.2. The second-order valence-corrected chi connectivity index (χ2v) is 7.24. The van der Waals surface area contributed by atoms with Gasteiger partial charge in [0.1, 0.15) is 0 Å². The molecule has 0 saturated heterocycles. The van der Waals surface area contributed by atoms with Gasteiger partial charge in [-0.15, -0.1) is 0 Å². The Bertz CT molecular complexity index is 968. The van der Waals surface area contributed by atoms with E-state index in [0.29, 0.717) is 5.56 Å². The summed E-state index contributed by atoms with van der Waals surface area (Å²) in [6.07, 6.45) is 0. The molecule has 0 bridgehead atoms. The highest BCUT2D eigenvalue weighted by molar-refractivity contribution is 7.89. The molecule has 0 aromatic heterocycles. The monoisotopic (exact) mass is 351 g/mol. The molecule has 0 aliphatic carbocycles. The SMILES string of the molecule is O=C(c1ccccc1)c1ccccc1S(=O)(=O)NCc1ccccc1. The van der Waals surface area contributed by atoms with Crippen molar-refractivity contribution in [2.24, 2.45) is 0 Å². The second-order valence-electron chi connectivity index (χ2n) is 5.50. The molecule has 0 radical (unpaired) electrons. The van der Waals surface area contributed by atoms with Crippen LogP contribution in [-0.4, -0.2) is 14.2 Å². The average molecular weight is 351 g/mol. The maximum atomic E-state index is 12.7. The number of ketones is 1. The van der Waals surface area contributed by atoms with Crippen LogP contribution in [-0.2, 0) is 16.6 Å². The molecule has 1 N–H and O–H groups in total. The summed E-state index contributed by atoms with van der Waals surface area (Å²) in [4.78, 5) is 12.7. The summed E-state index contributed by atoms with van der Waals surface area (Å²) in [5, 5.41) is 0. The molecule has 0 unspecified atom stereocenters. The van der Waals surface area contributed by atoms with E-state index in [2.05, 4.69) is 4.72 Å². The van der Waals surface area contributed by atoms with Crippen molar-refractivity contribution < 1.29 is 13.2 Å². The van der Waals surface area contributed by atoms with E-state index in [1.807, 2.05) is 30.3 Å². The van der Waals surface area contributed by atoms with Crippen LogP contribution < -0.4 is 4.72 Å². The average Bonchev–Trinajstić information content (AvgIpc) is 2.67. The summed E-state index contributed by atoms with van der Waals surface area (Å²) in [6.45, 7) is 0.164. The highest BCUT2D eigenvalue weighted by Crippen LogP contribution is 2.19. The Morgan fingerprint density at radius 2 is 1.32 bits per heavy atom. The topological polar surface area (TPSA) is 63.2 Å². The number of hydrogen-bond donors (Lipinski definition) is 1. The molecule has 3 aromatic carbocycles. The van der Waals surface area contributed by atoms with E-state index in [-0.39, 0.29) is 22.8 Å². The molecule has 0 fully saturated rings. The minimum Gasteiger partial charge on any atom is -0.289 e. The zero-order valence-corrected chi connectivity index (χ0v) is 14.2. The zero-order chi connectivity index (χ0) is 17.7. The quantitative estimate of drug-likeness (QED) is 0.692. The van der Waals surface area contributed by atoms with Gasteiger partial charge in [0.25, 0.3) is 0 Å². The fraction of sp³-hybridized carbons (Fsp3) is 0.0500. The van der Waals surface area contributed by atoms with Gasteiger partial charge in [0.2, 0.25) is 10.0 Å². The van der Waals surface area contributed by atoms with Crippen LogP contribution in [0.1, 0.15) is 21.5 Å². The molecule has 0 atom stereocenters. The maximum Gasteiger partial charge on any atom is 0.241 e. The summed E-state index contributed by atoms with van der Waals surface area (Å²) in [5.74, 6) is -0.318. The predicted octanol–water partition coefficient (Wildman–Crippen LogP) is 3.40. The standard InChI is InChI=1S/C20H17NO3S/c22-20(17-11-5-2-6-12-17)18-13-7-8-14-19(18)25(23,24)21-15-16-9-3-1-4-10-16/h1-14,21H,15H2. The number of hydrogen-bond acceptors (Lipinski definition) is 3. The van der Waals surface area contributed by atoms with Crippen molar-refractivity contribution in [3.8, 4) is 0 Å². The Hall–Kier alpha value is -2.76. The molecule has 3 rings (SSSR count). The van der Waals surface area contributed by atoms with Crippen LogP contribution in [0.3, 0.4) is 0 Å². The van der Waals surface area contributed by atoms with Crippen LogP contribution in [0, 0.1) is 0 Å². The minimum atomic E-state index is -3.81. The van der Waals surface area contributed by atoms with Crippen LogP contribution >= 0.6 is 0 Å². The highest BCUT2D eigenvalue weighted by atomic mass is 32.2. The summed E-state index contributed by atoms with van der Waals surface area (Å²) in [6, 6.07) is 24.1. The van der Waals surface area contributed by atoms with E-state index < -0.39 is 10.0 Å². The van der Waals surface area contributed by atoms with Gasteiger partial charge in [-0.2, -0.15) is 0 Å². The Labute approximate surface area is 147 Å². The molecule has 126 valence electrons. The number of sulfonamides is 1. The van der Waals surface area contributed by atoms with Gasteiger partial charge in [-0.1, -0.05) is 72.8 Å². The van der Waals surface area contributed by atoms with E-state index in [0.717, 1.165) is 5.56 Å². The highest BCUT2D eigenvalue weighted by Gasteiger charge is 2.22. The molecule has 25 heavy (non-hydrogen) atoms. The molecule has 5 heteroatoms. The molecule has 0 aliphatic rings. The van der Waals surface area contributed by atoms with E-state index in [4.69, 9.17) is 0 Å². The molecule has 0 saturated carbocycles. The maximum absolute atomic E-state index is 12.7. The third kappa shape index (κ3) is 4.02. The Kier molecular flexibility index (Phi) is 5.07. The molecule has 4 nitrogen and oxygen atoms in total. The number of benzene rings is 3. The summed E-state index contributed by atoms with van der Waals surface area (Å²) >= 11 is 0. The number of rotatable bonds is 6. The number of carbonyl (C=O) groups excluding carboxylic acids is 1. The van der Waals surface area contributed by atoms with Gasteiger partial charge in [0.05, 0.1) is 4.90 Å². The first-order valence-electron chi connectivity index (χ1n) is 7.80. The van der Waals surface area contributed by atoms with E-state index in [1.165, 1.54) is 12.1 Å². The van der Waals surface area contributed by atoms with Crippen molar-refractivity contribution in [3.63, 3.8) is 0 Å². The number of nitrogens with one attached hydrogen (secondary N) is 1. The smallest absolute Gasteiger partial charge is 0.241 e. The Morgan fingerprint density at radius 3 is 2.00 bits per heavy atom. The van der Waals surface area contributed by atoms with Gasteiger partial charge >= 0.3 is 0 Å². The summed E-state index contributed by atoms with van der Waals surface area (Å²) in [5.41, 5.74) is 1.46. The molecule has 3 aromatic rings. The number of carbonyl (C=O) groups is 1. The lowest BCUT2D eigenvalue weighted by Crippen LogP contribution is -2.25. The Balaban J connectivity index is 1.90. The van der Waals surface area contributed by atoms with Crippen molar-refractivity contribution >= 4 is 15.8 Å². The van der Waals surface area contributed by atoms with Gasteiger partial charge in [0, 0.05) is 17.7 Å². The second kappa shape index (κ2) is 7.42. The predicted molar refractivity (Wildman–Crippen MR) is 96.8 cm³/mol. The van der Waals surface area contributed by atoms with Crippen LogP contribution in [0.4, 0.5) is 0 Å². The van der Waals surface area contributed by atoms with Crippen molar-refractivity contribution in [1.29, 1.82) is 0 Å². The van der Waals surface area contributed by atoms with Crippen molar-refractivity contribution in [2.45, 2.75) is 11.4 Å². The minimum absolute atomic E-state index is 0.0141. The first-order valence-corrected chi connectivity index (χ1v) is 9.28. The lowest BCUT2D eigenvalue weighted by Gasteiger charge is -2.11. The Morgan fingerprint density at radius 1 is 0.760 bits per heavy atom. The van der Waals surface area contributed by atoms with Crippen molar-refractivity contribution in [1.82, 2.24) is 4.72 Å². The molecular formula is C20H17NO3S. The fourth-order valence-corrected chi connectivity index (χ4v) is 3.71. The fourth-order valence-electron chi connectivity index (χ4n) is 2.49. The zero-order valence-electron chi connectivity index (χ0n) is 13.4. The first-order chi connectivity index (χ1) is 12.1. The lowest BCUT2D eigenvalue weighted by atomic mass is 10.0. The first kappa shape index (κ1) is 17.1. The van der Waals surface area contributed by atoms with Crippen LogP contribution in [0.2, 0.25) is 0 Å². The van der Waals surface area contributed by atoms with Crippen LogP contribution in [0.25, 0.3) is 0 Å². The summed E-state index contributed by atoms with van der Waals surface area (Å²) in [7, 11) is -3.81. The summed E-state index contributed by atoms with van der Waals surface area (Å²) < 4.78 is 28.0. The van der Waals surface area contributed by atoms with Gasteiger partial charge in [0.15, 0.2) is 5.78 Å². The van der Waals surface area contributed by atoms with Crippen molar-refractivity contribution in [3.05, 3.63) is 102 Å².